The standard InChI is InChI=1S/C28H28FNO4/c1-17-15-28(2,3)30-23-13-12-19(20-11-10-18(29)14-25(20)32-4)22(26(17)23)16-34-24-9-7-6-8-21(24)27(31)33-5/h6-15,30H,16H2,1-5H3. The Morgan fingerprint density at radius 1 is 1.00 bits per heavy atom. The van der Waals surface area contributed by atoms with Gasteiger partial charge in [0.05, 0.1) is 19.8 Å². The number of allylic oxidation sites excluding steroid dienone is 1. The summed E-state index contributed by atoms with van der Waals surface area (Å²) < 4.78 is 30.5. The van der Waals surface area contributed by atoms with Crippen LogP contribution in [0.1, 0.15) is 42.3 Å². The molecule has 6 heteroatoms. The number of ether oxygens (including phenoxy) is 3. The fourth-order valence-electron chi connectivity index (χ4n) is 4.51. The normalized spacial score (nSPS) is 13.9. The number of hydrogen-bond donors (Lipinski definition) is 1. The van der Waals surface area contributed by atoms with E-state index in [9.17, 15) is 9.18 Å². The molecule has 3 aromatic carbocycles. The summed E-state index contributed by atoms with van der Waals surface area (Å²) in [5.74, 6) is 0.0186. The summed E-state index contributed by atoms with van der Waals surface area (Å²) in [5.41, 5.74) is 5.75. The summed E-state index contributed by atoms with van der Waals surface area (Å²) in [5, 5.41) is 3.56. The molecular formula is C28H28FNO4. The van der Waals surface area contributed by atoms with Crippen LogP contribution < -0.4 is 14.8 Å². The van der Waals surface area contributed by atoms with E-state index in [1.54, 1.807) is 30.3 Å². The van der Waals surface area contributed by atoms with Crippen molar-refractivity contribution in [2.75, 3.05) is 19.5 Å². The smallest absolute Gasteiger partial charge is 0.341 e. The van der Waals surface area contributed by atoms with Crippen LogP contribution in [0.2, 0.25) is 0 Å². The van der Waals surface area contributed by atoms with Crippen molar-refractivity contribution in [1.29, 1.82) is 0 Å². The minimum atomic E-state index is -0.467. The molecule has 176 valence electrons. The zero-order valence-corrected chi connectivity index (χ0v) is 20.0. The zero-order chi connectivity index (χ0) is 24.5. The molecule has 0 unspecified atom stereocenters. The maximum atomic E-state index is 13.9. The fraction of sp³-hybridized carbons (Fsp3) is 0.250. The zero-order valence-electron chi connectivity index (χ0n) is 20.0. The summed E-state index contributed by atoms with van der Waals surface area (Å²) in [6, 6.07) is 15.5. The second-order valence-electron chi connectivity index (χ2n) is 8.81. The summed E-state index contributed by atoms with van der Waals surface area (Å²) in [6.45, 7) is 6.47. The van der Waals surface area contributed by atoms with E-state index in [2.05, 4.69) is 32.2 Å². The molecule has 4 rings (SSSR count). The van der Waals surface area contributed by atoms with Crippen LogP contribution in [0.3, 0.4) is 0 Å². The van der Waals surface area contributed by atoms with E-state index in [0.717, 1.165) is 33.5 Å². The molecule has 0 bridgehead atoms. The molecule has 0 aliphatic carbocycles. The van der Waals surface area contributed by atoms with E-state index in [1.807, 2.05) is 12.1 Å². The predicted molar refractivity (Wildman–Crippen MR) is 132 cm³/mol. The molecule has 0 radical (unpaired) electrons. The van der Waals surface area contributed by atoms with E-state index in [1.165, 1.54) is 26.4 Å². The number of rotatable bonds is 6. The van der Waals surface area contributed by atoms with Crippen LogP contribution >= 0.6 is 0 Å². The topological polar surface area (TPSA) is 56.8 Å². The second kappa shape index (κ2) is 9.21. The molecule has 1 aliphatic heterocycles. The molecule has 0 saturated carbocycles. The number of carbonyl (C=O) groups is 1. The lowest BCUT2D eigenvalue weighted by Crippen LogP contribution is -2.32. The first-order valence-corrected chi connectivity index (χ1v) is 11.0. The SMILES string of the molecule is COC(=O)c1ccccc1OCc1c(-c2ccc(F)cc2OC)ccc2c1C(C)=CC(C)(C)N2. The van der Waals surface area contributed by atoms with E-state index in [0.29, 0.717) is 17.1 Å². The number of benzene rings is 3. The molecule has 0 aromatic heterocycles. The van der Waals surface area contributed by atoms with Crippen molar-refractivity contribution in [3.05, 3.63) is 83.2 Å². The number of anilines is 1. The molecule has 34 heavy (non-hydrogen) atoms. The van der Waals surface area contributed by atoms with E-state index < -0.39 is 5.97 Å². The van der Waals surface area contributed by atoms with Gasteiger partial charge in [-0.2, -0.15) is 0 Å². The maximum Gasteiger partial charge on any atom is 0.341 e. The van der Waals surface area contributed by atoms with Crippen LogP contribution in [-0.4, -0.2) is 25.7 Å². The summed E-state index contributed by atoms with van der Waals surface area (Å²) in [6.07, 6.45) is 2.17. The largest absolute Gasteiger partial charge is 0.496 e. The third-order valence-electron chi connectivity index (χ3n) is 5.86. The van der Waals surface area contributed by atoms with Gasteiger partial charge >= 0.3 is 5.97 Å². The molecule has 3 aromatic rings. The molecular weight excluding hydrogens is 433 g/mol. The number of halogens is 1. The molecule has 0 fully saturated rings. The van der Waals surface area contributed by atoms with Gasteiger partial charge < -0.3 is 19.5 Å². The third-order valence-corrected chi connectivity index (χ3v) is 5.86. The molecule has 0 spiro atoms. The Labute approximate surface area is 199 Å². The van der Waals surface area contributed by atoms with E-state index >= 15 is 0 Å². The molecule has 0 atom stereocenters. The molecule has 0 amide bonds. The van der Waals surface area contributed by atoms with Crippen LogP contribution in [0, 0.1) is 5.82 Å². The van der Waals surface area contributed by atoms with Crippen molar-refractivity contribution >= 4 is 17.2 Å². The van der Waals surface area contributed by atoms with Gasteiger partial charge in [-0.1, -0.05) is 24.3 Å². The highest BCUT2D eigenvalue weighted by Crippen LogP contribution is 2.43. The minimum Gasteiger partial charge on any atom is -0.496 e. The fourth-order valence-corrected chi connectivity index (χ4v) is 4.51. The predicted octanol–water partition coefficient (Wildman–Crippen LogP) is 6.47. The minimum absolute atomic E-state index is 0.181. The van der Waals surface area contributed by atoms with Crippen molar-refractivity contribution in [2.45, 2.75) is 32.9 Å². The first kappa shape index (κ1) is 23.4. The molecule has 1 aliphatic rings. The van der Waals surface area contributed by atoms with Gasteiger partial charge in [-0.05, 0) is 62.2 Å². The number of esters is 1. The number of para-hydroxylation sites is 1. The van der Waals surface area contributed by atoms with E-state index in [-0.39, 0.29) is 18.0 Å². The van der Waals surface area contributed by atoms with Crippen molar-refractivity contribution in [3.63, 3.8) is 0 Å². The highest BCUT2D eigenvalue weighted by atomic mass is 19.1. The van der Waals surface area contributed by atoms with Crippen molar-refractivity contribution in [2.24, 2.45) is 0 Å². The summed E-state index contributed by atoms with van der Waals surface area (Å²) >= 11 is 0. The first-order valence-electron chi connectivity index (χ1n) is 11.0. The van der Waals surface area contributed by atoms with E-state index in [4.69, 9.17) is 14.2 Å². The van der Waals surface area contributed by atoms with Gasteiger partial charge in [0.2, 0.25) is 0 Å². The van der Waals surface area contributed by atoms with Gasteiger partial charge in [-0.3, -0.25) is 0 Å². The van der Waals surface area contributed by atoms with Crippen LogP contribution in [0.25, 0.3) is 16.7 Å². The second-order valence-corrected chi connectivity index (χ2v) is 8.81. The number of nitrogens with one attached hydrogen (secondary N) is 1. The van der Waals surface area contributed by atoms with Gasteiger partial charge in [0, 0.05) is 28.4 Å². The highest BCUT2D eigenvalue weighted by Gasteiger charge is 2.27. The average Bonchev–Trinajstić information content (AvgIpc) is 2.81. The molecule has 0 saturated heterocycles. The quantitative estimate of drug-likeness (QED) is 0.426. The van der Waals surface area contributed by atoms with Crippen LogP contribution in [-0.2, 0) is 11.3 Å². The van der Waals surface area contributed by atoms with Gasteiger partial charge in [0.15, 0.2) is 0 Å². The maximum absolute atomic E-state index is 13.9. The Hall–Kier alpha value is -3.80. The summed E-state index contributed by atoms with van der Waals surface area (Å²) in [4.78, 5) is 12.2. The Kier molecular flexibility index (Phi) is 6.33. The Morgan fingerprint density at radius 2 is 1.74 bits per heavy atom. The van der Waals surface area contributed by atoms with Crippen molar-refractivity contribution in [1.82, 2.24) is 0 Å². The Morgan fingerprint density at radius 3 is 2.47 bits per heavy atom. The van der Waals surface area contributed by atoms with Crippen molar-refractivity contribution in [3.8, 4) is 22.6 Å². The van der Waals surface area contributed by atoms with Gasteiger partial charge in [-0.15, -0.1) is 0 Å². The Bertz CT molecular complexity index is 1280. The number of fused-ring (bicyclic) bond motifs is 1. The number of hydrogen-bond acceptors (Lipinski definition) is 5. The molecule has 1 heterocycles. The Balaban J connectivity index is 1.86. The van der Waals surface area contributed by atoms with Crippen LogP contribution in [0.4, 0.5) is 10.1 Å². The van der Waals surface area contributed by atoms with Gasteiger partial charge in [0.25, 0.3) is 0 Å². The van der Waals surface area contributed by atoms with Crippen LogP contribution in [0.5, 0.6) is 11.5 Å². The van der Waals surface area contributed by atoms with Gasteiger partial charge in [-0.25, -0.2) is 9.18 Å². The van der Waals surface area contributed by atoms with Crippen LogP contribution in [0.15, 0.2) is 60.7 Å². The monoisotopic (exact) mass is 461 g/mol. The number of carbonyl (C=O) groups excluding carboxylic acids is 1. The lowest BCUT2D eigenvalue weighted by Gasteiger charge is -2.33. The number of methoxy groups -OCH3 is 2. The molecule has 5 nitrogen and oxygen atoms in total. The average molecular weight is 462 g/mol. The third kappa shape index (κ3) is 4.49. The van der Waals surface area contributed by atoms with Crippen molar-refractivity contribution < 1.29 is 23.4 Å². The first-order chi connectivity index (χ1) is 16.2. The highest BCUT2D eigenvalue weighted by molar-refractivity contribution is 5.92. The summed E-state index contributed by atoms with van der Waals surface area (Å²) in [7, 11) is 2.86. The molecule has 1 N–H and O–H groups in total. The lowest BCUT2D eigenvalue weighted by atomic mass is 9.85. The lowest BCUT2D eigenvalue weighted by molar-refractivity contribution is 0.0595. The van der Waals surface area contributed by atoms with Gasteiger partial charge in [0.1, 0.15) is 29.5 Å².